The van der Waals surface area contributed by atoms with E-state index in [9.17, 15) is 4.79 Å². The van der Waals surface area contributed by atoms with E-state index in [1.165, 1.54) is 37.9 Å². The van der Waals surface area contributed by atoms with Crippen LogP contribution in [-0.2, 0) is 26.8 Å². The fourth-order valence-corrected chi connectivity index (χ4v) is 10.9. The normalized spacial score (nSPS) is 12.0. The number of halogens is 2. The Morgan fingerprint density at radius 2 is 0.820 bits per heavy atom. The van der Waals surface area contributed by atoms with E-state index in [2.05, 4.69) is 204 Å². The third-order valence-electron chi connectivity index (χ3n) is 8.80. The summed E-state index contributed by atoms with van der Waals surface area (Å²) >= 11 is 7.63. The molecule has 0 heterocycles. The van der Waals surface area contributed by atoms with Crippen molar-refractivity contribution in [1.82, 2.24) is 0 Å². The van der Waals surface area contributed by atoms with Crippen molar-refractivity contribution < 1.29 is 26.8 Å². The van der Waals surface area contributed by atoms with Crippen LogP contribution < -0.4 is 37.1 Å². The molecule has 0 saturated heterocycles. The maximum absolute atomic E-state index is 12.0. The first kappa shape index (κ1) is 48.4. The molecule has 8 rings (SSSR count). The molecule has 1 N–H and O–H groups in total. The first-order chi connectivity index (χ1) is 30.0. The molecule has 8 heteroatoms. The molecule has 0 atom stereocenters. The number of carbonyl (C=O) groups is 1. The monoisotopic (exact) mass is 959 g/mol. The van der Waals surface area contributed by atoms with Crippen LogP contribution in [0.25, 0.3) is 0 Å². The number of anilines is 1. The Morgan fingerprint density at radius 3 is 1.10 bits per heavy atom. The standard InChI is InChI=1S/2C18H15P.C16H13ClNO.CO.ClH.Ru/c2*1-4-10-16(11-5-1)19(17-12-6-2-7-13-17)18-14-8-3-9-15-18;1-3-12-8-11(2)9-13(16(12)19)10-18-15-6-4-14(17)5-7-15;1-2;;/h2*1-15H;1,3-10,18H,2H3;;1H;/q;;-1;;;+2/p-1/b;;13-10-;;;. The molecule has 0 radical (unpaired) electrons. The average Bonchev–Trinajstić information content (AvgIpc) is 3.34. The van der Waals surface area contributed by atoms with E-state index < -0.39 is 15.8 Å². The third-order valence-corrected chi connectivity index (χ3v) is 13.9. The van der Waals surface area contributed by atoms with E-state index in [4.69, 9.17) is 22.8 Å². The van der Waals surface area contributed by atoms with E-state index in [0.29, 0.717) is 16.2 Å². The van der Waals surface area contributed by atoms with Gasteiger partial charge in [-0.1, -0.05) is 199 Å². The Hall–Kier alpha value is -5.23. The minimum absolute atomic E-state index is 0.0884. The Morgan fingerprint density at radius 1 is 0.525 bits per heavy atom. The summed E-state index contributed by atoms with van der Waals surface area (Å²) in [4.78, 5) is 12.0. The number of rotatable bonds is 9. The van der Waals surface area contributed by atoms with Gasteiger partial charge in [0.15, 0.2) is 0 Å². The van der Waals surface area contributed by atoms with Gasteiger partial charge in [-0.3, -0.25) is 6.58 Å². The quantitative estimate of drug-likeness (QED) is 0.0515. The third kappa shape index (κ3) is 15.3. The van der Waals surface area contributed by atoms with Crippen LogP contribution in [0, 0.1) is 13.2 Å². The van der Waals surface area contributed by atoms with Crippen molar-refractivity contribution in [2.45, 2.75) is 6.92 Å². The zero-order chi connectivity index (χ0) is 43.7. The van der Waals surface area contributed by atoms with E-state index in [1.807, 2.05) is 42.4 Å². The van der Waals surface area contributed by atoms with Crippen molar-refractivity contribution >= 4 is 80.4 Å². The van der Waals surface area contributed by atoms with Crippen molar-refractivity contribution in [2.24, 2.45) is 0 Å². The number of carbonyl (C=O) groups excluding carboxylic acids is 1. The second-order valence-electron chi connectivity index (χ2n) is 12.9. The summed E-state index contributed by atoms with van der Waals surface area (Å²) in [5.41, 5.74) is 2.93. The molecule has 1 aliphatic carbocycles. The molecular weight excluding hydrogens is 917 g/mol. The van der Waals surface area contributed by atoms with Crippen LogP contribution in [0.15, 0.2) is 247 Å². The second-order valence-corrected chi connectivity index (χ2v) is 17.8. The summed E-state index contributed by atoms with van der Waals surface area (Å²) in [7, 11) is 3.68. The molecule has 61 heavy (non-hydrogen) atoms. The maximum atomic E-state index is 12.0. The molecule has 0 amide bonds. The largest absolute Gasteiger partial charge is 0.0622 e. The number of benzene rings is 7. The van der Waals surface area contributed by atoms with E-state index >= 15 is 0 Å². The maximum Gasteiger partial charge on any atom is -0.0134 e. The minimum Gasteiger partial charge on any atom is -0.0622 e. The van der Waals surface area contributed by atoms with Crippen LogP contribution in [0.3, 0.4) is 0 Å². The number of nitrogens with one attached hydrogen (secondary N) is 1. The average molecular weight is 960 g/mol. The van der Waals surface area contributed by atoms with E-state index in [-0.39, 0.29) is 5.78 Å². The van der Waals surface area contributed by atoms with Gasteiger partial charge in [0.1, 0.15) is 5.78 Å². The molecule has 7 aromatic carbocycles. The minimum atomic E-state index is -0.446. The smallest absolute Gasteiger partial charge is 0.0134 e. The summed E-state index contributed by atoms with van der Waals surface area (Å²) in [6.45, 7) is 11.9. The molecular formula is C53H43Cl2NO2P2Ru. The molecule has 0 fully saturated rings. The molecule has 0 saturated carbocycles. The summed E-state index contributed by atoms with van der Waals surface area (Å²) in [6.07, 6.45) is 6.58. The van der Waals surface area contributed by atoms with Crippen molar-refractivity contribution in [3.63, 3.8) is 0 Å². The van der Waals surface area contributed by atoms with Crippen molar-refractivity contribution in [3.8, 4) is 0 Å². The van der Waals surface area contributed by atoms with Crippen LogP contribution in [0.4, 0.5) is 5.69 Å². The molecule has 0 bridgehead atoms. The zero-order valence-electron chi connectivity index (χ0n) is 33.3. The number of hydrogen-bond acceptors (Lipinski definition) is 2. The Balaban J connectivity index is 0.000000193. The molecule has 0 unspecified atom stereocenters. The van der Waals surface area contributed by atoms with E-state index in [1.54, 1.807) is 24.4 Å². The SMILES string of the molecule is [C-]#[O+].[CH-]=CC1=CC(C)=C/C(=C/Nc2ccc(Cl)cc2)C1=O.[Cl][Ru+].c1ccc(P(c2ccccc2)c2ccccc2)cc1.c1ccc(P(c2ccccc2)c2ccccc2)cc1. The van der Waals surface area contributed by atoms with Gasteiger partial charge in [0.25, 0.3) is 0 Å². The summed E-state index contributed by atoms with van der Waals surface area (Å²) in [5.74, 6) is -0.0884. The molecule has 0 aliphatic heterocycles. The molecule has 1 aliphatic rings. The van der Waals surface area contributed by atoms with Gasteiger partial charge in [-0.15, -0.1) is 11.6 Å². The van der Waals surface area contributed by atoms with Gasteiger partial charge in [0, 0.05) is 22.5 Å². The molecule has 304 valence electrons. The van der Waals surface area contributed by atoms with Crippen LogP contribution in [0.2, 0.25) is 5.02 Å². The summed E-state index contributed by atoms with van der Waals surface area (Å²) in [5, 5.41) is 12.1. The molecule has 3 nitrogen and oxygen atoms in total. The van der Waals surface area contributed by atoms with Crippen LogP contribution in [0.5, 0.6) is 0 Å². The first-order valence-electron chi connectivity index (χ1n) is 19.0. The Labute approximate surface area is 382 Å². The Bertz CT molecular complexity index is 2160. The number of allylic oxidation sites excluding steroid dienone is 6. The van der Waals surface area contributed by atoms with Crippen molar-refractivity contribution in [2.75, 3.05) is 5.32 Å². The topological polar surface area (TPSA) is 49.0 Å². The number of Topliss-reactive ketones (excluding diaryl/α,β-unsaturated/α-hetero) is 1. The first-order valence-corrected chi connectivity index (χ1v) is 24.3. The van der Waals surface area contributed by atoms with Crippen LogP contribution in [0.1, 0.15) is 6.92 Å². The van der Waals surface area contributed by atoms with Gasteiger partial charge in [0.05, 0.1) is 0 Å². The van der Waals surface area contributed by atoms with Gasteiger partial charge < -0.3 is 10.1 Å². The molecule has 0 spiro atoms. The fraction of sp³-hybridized carbons (Fsp3) is 0.0189. The zero-order valence-corrected chi connectivity index (χ0v) is 38.4. The van der Waals surface area contributed by atoms with Crippen molar-refractivity contribution in [3.05, 3.63) is 266 Å². The van der Waals surface area contributed by atoms with Gasteiger partial charge in [-0.25, -0.2) is 6.08 Å². The van der Waals surface area contributed by atoms with Gasteiger partial charge in [-0.2, -0.15) is 0 Å². The van der Waals surface area contributed by atoms with Crippen molar-refractivity contribution in [1.29, 1.82) is 0 Å². The predicted octanol–water partition coefficient (Wildman–Crippen LogP) is 11.6. The fourth-order valence-electron chi connectivity index (χ4n) is 6.13. The van der Waals surface area contributed by atoms with Gasteiger partial charge in [0.2, 0.25) is 0 Å². The number of hydrogen-bond donors (Lipinski definition) is 1. The second kappa shape index (κ2) is 27.6. The summed E-state index contributed by atoms with van der Waals surface area (Å²) in [6, 6.07) is 71.9. The summed E-state index contributed by atoms with van der Waals surface area (Å²) < 4.78 is 7.50. The number of ketones is 1. The van der Waals surface area contributed by atoms with Gasteiger partial charge in [-0.05, 0) is 84.9 Å². The molecule has 0 aromatic heterocycles. The Kier molecular flexibility index (Phi) is 21.9. The van der Waals surface area contributed by atoms with Crippen LogP contribution in [-0.4, -0.2) is 5.78 Å². The predicted molar refractivity (Wildman–Crippen MR) is 259 cm³/mol. The van der Waals surface area contributed by atoms with E-state index in [0.717, 1.165) is 11.3 Å². The van der Waals surface area contributed by atoms with Gasteiger partial charge >= 0.3 is 38.3 Å². The molecule has 7 aromatic rings. The van der Waals surface area contributed by atoms with Crippen LogP contribution >= 0.6 is 37.1 Å².